The second kappa shape index (κ2) is 7.22. The molecule has 0 bridgehead atoms. The highest BCUT2D eigenvalue weighted by atomic mass is 16.7. The maximum atomic E-state index is 11.9. The molecule has 1 aliphatic heterocycles. The molecule has 1 aliphatic carbocycles. The summed E-state index contributed by atoms with van der Waals surface area (Å²) in [5.41, 5.74) is 0. The summed E-state index contributed by atoms with van der Waals surface area (Å²) in [5.74, 6) is 0.553. The third-order valence-electron chi connectivity index (χ3n) is 4.17. The van der Waals surface area contributed by atoms with Crippen LogP contribution in [0.2, 0.25) is 0 Å². The molecular weight excluding hydrogens is 244 g/mol. The number of nitrogens with zero attached hydrogens (tertiary/aromatic N) is 1. The molecule has 0 aromatic heterocycles. The van der Waals surface area contributed by atoms with Crippen molar-refractivity contribution in [2.24, 2.45) is 5.92 Å². The number of aliphatic hydroxyl groups excluding tert-OH is 1. The van der Waals surface area contributed by atoms with E-state index in [2.05, 4.69) is 12.2 Å². The number of rotatable bonds is 6. The van der Waals surface area contributed by atoms with Gasteiger partial charge in [-0.2, -0.15) is 5.06 Å². The fourth-order valence-electron chi connectivity index (χ4n) is 2.84. The van der Waals surface area contributed by atoms with Crippen LogP contribution < -0.4 is 5.32 Å². The van der Waals surface area contributed by atoms with Crippen LogP contribution >= 0.6 is 0 Å². The van der Waals surface area contributed by atoms with Crippen molar-refractivity contribution < 1.29 is 14.7 Å². The minimum Gasteiger partial charge on any atom is -0.393 e. The minimum absolute atomic E-state index is 0.0995. The van der Waals surface area contributed by atoms with E-state index in [4.69, 9.17) is 4.84 Å². The van der Waals surface area contributed by atoms with E-state index >= 15 is 0 Å². The molecule has 2 rings (SSSR count). The Labute approximate surface area is 115 Å². The van der Waals surface area contributed by atoms with Crippen LogP contribution in [0.3, 0.4) is 0 Å². The fourth-order valence-corrected chi connectivity index (χ4v) is 2.84. The summed E-state index contributed by atoms with van der Waals surface area (Å²) < 4.78 is 0. The molecule has 2 aliphatic rings. The van der Waals surface area contributed by atoms with Gasteiger partial charge in [0, 0.05) is 25.6 Å². The van der Waals surface area contributed by atoms with Crippen LogP contribution in [0.25, 0.3) is 0 Å². The molecule has 1 unspecified atom stereocenters. The van der Waals surface area contributed by atoms with E-state index in [1.54, 1.807) is 0 Å². The smallest absolute Gasteiger partial charge is 0.221 e. The SMILES string of the molecule is CCC(NC(=O)CCN1CCCCO1)C1CC(O)C1. The molecule has 0 aromatic carbocycles. The molecule has 0 aromatic rings. The molecule has 1 saturated heterocycles. The molecule has 5 nitrogen and oxygen atoms in total. The molecule has 1 heterocycles. The van der Waals surface area contributed by atoms with Gasteiger partial charge in [-0.05, 0) is 38.0 Å². The second-order valence-corrected chi connectivity index (χ2v) is 5.69. The Morgan fingerprint density at radius 1 is 1.47 bits per heavy atom. The summed E-state index contributed by atoms with van der Waals surface area (Å²) in [6.45, 7) is 4.47. The molecule has 110 valence electrons. The lowest BCUT2D eigenvalue weighted by molar-refractivity contribution is -0.181. The van der Waals surface area contributed by atoms with Crippen molar-refractivity contribution in [1.29, 1.82) is 0 Å². The van der Waals surface area contributed by atoms with Crippen LogP contribution in [0.1, 0.15) is 45.4 Å². The number of carbonyl (C=O) groups is 1. The maximum Gasteiger partial charge on any atom is 0.221 e. The first-order chi connectivity index (χ1) is 9.19. The largest absolute Gasteiger partial charge is 0.393 e. The lowest BCUT2D eigenvalue weighted by atomic mass is 9.76. The first-order valence-corrected chi connectivity index (χ1v) is 7.54. The van der Waals surface area contributed by atoms with Gasteiger partial charge in [0.15, 0.2) is 0 Å². The normalized spacial score (nSPS) is 29.6. The predicted molar refractivity (Wildman–Crippen MR) is 72.3 cm³/mol. The number of nitrogens with one attached hydrogen (secondary N) is 1. The standard InChI is InChI=1S/C14H26N2O3/c1-2-13(11-9-12(17)10-11)15-14(18)5-7-16-6-3-4-8-19-16/h11-13,17H,2-10H2,1H3,(H,15,18). The zero-order chi connectivity index (χ0) is 13.7. The molecule has 1 saturated carbocycles. The van der Waals surface area contributed by atoms with Crippen molar-refractivity contribution >= 4 is 5.91 Å². The summed E-state index contributed by atoms with van der Waals surface area (Å²) in [5, 5.41) is 14.3. The summed E-state index contributed by atoms with van der Waals surface area (Å²) >= 11 is 0. The molecule has 0 radical (unpaired) electrons. The molecule has 5 heteroatoms. The Bertz CT molecular complexity index is 286. The van der Waals surface area contributed by atoms with Crippen molar-refractivity contribution in [2.45, 2.75) is 57.6 Å². The van der Waals surface area contributed by atoms with Gasteiger partial charge in [-0.15, -0.1) is 0 Å². The first kappa shape index (κ1) is 14.8. The van der Waals surface area contributed by atoms with E-state index in [0.29, 0.717) is 18.9 Å². The van der Waals surface area contributed by atoms with Crippen LogP contribution in [-0.2, 0) is 9.63 Å². The lowest BCUT2D eigenvalue weighted by Gasteiger charge is -2.37. The molecule has 19 heavy (non-hydrogen) atoms. The Morgan fingerprint density at radius 2 is 2.26 bits per heavy atom. The van der Waals surface area contributed by atoms with E-state index in [1.807, 2.05) is 5.06 Å². The van der Waals surface area contributed by atoms with E-state index in [9.17, 15) is 9.90 Å². The van der Waals surface area contributed by atoms with Gasteiger partial charge in [0.1, 0.15) is 0 Å². The number of hydrogen-bond donors (Lipinski definition) is 2. The van der Waals surface area contributed by atoms with Gasteiger partial charge < -0.3 is 10.4 Å². The highest BCUT2D eigenvalue weighted by Gasteiger charge is 2.33. The summed E-state index contributed by atoms with van der Waals surface area (Å²) in [7, 11) is 0. The van der Waals surface area contributed by atoms with E-state index in [-0.39, 0.29) is 18.1 Å². The number of hydroxylamine groups is 2. The van der Waals surface area contributed by atoms with E-state index in [0.717, 1.165) is 45.3 Å². The zero-order valence-corrected chi connectivity index (χ0v) is 11.8. The van der Waals surface area contributed by atoms with Gasteiger partial charge in [-0.3, -0.25) is 9.63 Å². The average Bonchev–Trinajstić information content (AvgIpc) is 2.40. The molecule has 2 N–H and O–H groups in total. The summed E-state index contributed by atoms with van der Waals surface area (Å²) in [6.07, 6.45) is 5.19. The monoisotopic (exact) mass is 270 g/mol. The van der Waals surface area contributed by atoms with Gasteiger partial charge >= 0.3 is 0 Å². The van der Waals surface area contributed by atoms with Crippen molar-refractivity contribution in [2.75, 3.05) is 19.7 Å². The third kappa shape index (κ3) is 4.44. The molecule has 2 fully saturated rings. The van der Waals surface area contributed by atoms with Crippen molar-refractivity contribution in [3.8, 4) is 0 Å². The predicted octanol–water partition coefficient (Wildman–Crippen LogP) is 1.07. The number of amides is 1. The minimum atomic E-state index is -0.155. The second-order valence-electron chi connectivity index (χ2n) is 5.69. The van der Waals surface area contributed by atoms with Crippen LogP contribution in [0, 0.1) is 5.92 Å². The highest BCUT2D eigenvalue weighted by molar-refractivity contribution is 5.76. The van der Waals surface area contributed by atoms with E-state index < -0.39 is 0 Å². The molecule has 1 amide bonds. The molecular formula is C14H26N2O3. The Hall–Kier alpha value is -0.650. The Kier molecular flexibility index (Phi) is 5.60. The quantitative estimate of drug-likeness (QED) is 0.758. The molecule has 0 spiro atoms. The Morgan fingerprint density at radius 3 is 2.84 bits per heavy atom. The first-order valence-electron chi connectivity index (χ1n) is 7.54. The van der Waals surface area contributed by atoms with Gasteiger partial charge in [-0.25, -0.2) is 0 Å². The average molecular weight is 270 g/mol. The third-order valence-corrected chi connectivity index (χ3v) is 4.17. The lowest BCUT2D eigenvalue weighted by Crippen LogP contribution is -2.47. The Balaban J connectivity index is 1.64. The fraction of sp³-hybridized carbons (Fsp3) is 0.929. The van der Waals surface area contributed by atoms with Crippen molar-refractivity contribution in [3.05, 3.63) is 0 Å². The topological polar surface area (TPSA) is 61.8 Å². The number of carbonyl (C=O) groups excluding carboxylic acids is 1. The highest BCUT2D eigenvalue weighted by Crippen LogP contribution is 2.31. The number of aliphatic hydroxyl groups is 1. The van der Waals surface area contributed by atoms with Gasteiger partial charge in [0.05, 0.1) is 12.7 Å². The van der Waals surface area contributed by atoms with Gasteiger partial charge in [-0.1, -0.05) is 6.92 Å². The van der Waals surface area contributed by atoms with Gasteiger partial charge in [0.2, 0.25) is 5.91 Å². The van der Waals surface area contributed by atoms with Gasteiger partial charge in [0.25, 0.3) is 0 Å². The summed E-state index contributed by atoms with van der Waals surface area (Å²) in [4.78, 5) is 17.4. The summed E-state index contributed by atoms with van der Waals surface area (Å²) in [6, 6.07) is 0.221. The zero-order valence-electron chi connectivity index (χ0n) is 11.8. The molecule has 1 atom stereocenters. The van der Waals surface area contributed by atoms with Crippen LogP contribution in [0.15, 0.2) is 0 Å². The van der Waals surface area contributed by atoms with Crippen LogP contribution in [-0.4, -0.2) is 47.9 Å². The van der Waals surface area contributed by atoms with Crippen molar-refractivity contribution in [3.63, 3.8) is 0 Å². The maximum absolute atomic E-state index is 11.9. The van der Waals surface area contributed by atoms with Crippen LogP contribution in [0.5, 0.6) is 0 Å². The van der Waals surface area contributed by atoms with Crippen molar-refractivity contribution in [1.82, 2.24) is 10.4 Å². The number of hydrogen-bond acceptors (Lipinski definition) is 4. The van der Waals surface area contributed by atoms with Crippen LogP contribution in [0.4, 0.5) is 0 Å². The van der Waals surface area contributed by atoms with E-state index in [1.165, 1.54) is 0 Å².